The second-order valence-corrected chi connectivity index (χ2v) is 7.01. The van der Waals surface area contributed by atoms with E-state index in [1.807, 2.05) is 30.3 Å². The number of hydrogen-bond acceptors (Lipinski definition) is 5. The number of ether oxygens (including phenoxy) is 2. The predicted octanol–water partition coefficient (Wildman–Crippen LogP) is 2.54. The number of para-hydroxylation sites is 1. The Morgan fingerprint density at radius 2 is 1.69 bits per heavy atom. The van der Waals surface area contributed by atoms with Crippen molar-refractivity contribution in [2.45, 2.75) is 18.9 Å². The van der Waals surface area contributed by atoms with Gasteiger partial charge in [0.1, 0.15) is 0 Å². The molecule has 1 heterocycles. The largest absolute Gasteiger partial charge is 0.493 e. The smallest absolute Gasteiger partial charge is 0.251 e. The minimum absolute atomic E-state index is 0.0241. The molecule has 3 rings (SSSR count). The average molecular weight is 397 g/mol. The molecule has 0 saturated carbocycles. The van der Waals surface area contributed by atoms with Crippen LogP contribution in [0.4, 0.5) is 5.69 Å². The third-order valence-corrected chi connectivity index (χ3v) is 4.99. The number of hydrogen-bond donors (Lipinski definition) is 2. The first-order chi connectivity index (χ1) is 14.1. The van der Waals surface area contributed by atoms with Crippen molar-refractivity contribution in [2.75, 3.05) is 39.2 Å². The van der Waals surface area contributed by atoms with Crippen molar-refractivity contribution in [1.29, 1.82) is 0 Å². The molecule has 0 spiro atoms. The van der Waals surface area contributed by atoms with Crippen molar-refractivity contribution in [3.05, 3.63) is 54.1 Å². The fourth-order valence-corrected chi connectivity index (χ4v) is 3.41. The molecule has 2 aromatic rings. The van der Waals surface area contributed by atoms with E-state index < -0.39 is 0 Å². The third-order valence-electron chi connectivity index (χ3n) is 4.99. The van der Waals surface area contributed by atoms with Crippen LogP contribution in [0, 0.1) is 0 Å². The second kappa shape index (κ2) is 9.93. The molecular weight excluding hydrogens is 370 g/mol. The highest BCUT2D eigenvalue weighted by Crippen LogP contribution is 2.27. The zero-order valence-electron chi connectivity index (χ0n) is 16.8. The van der Waals surface area contributed by atoms with Crippen molar-refractivity contribution in [3.8, 4) is 11.5 Å². The van der Waals surface area contributed by atoms with Crippen molar-refractivity contribution in [1.82, 2.24) is 10.2 Å². The van der Waals surface area contributed by atoms with Gasteiger partial charge in [0.15, 0.2) is 11.5 Å². The lowest BCUT2D eigenvalue weighted by Crippen LogP contribution is -2.46. The van der Waals surface area contributed by atoms with Crippen LogP contribution in [0.3, 0.4) is 0 Å². The minimum atomic E-state index is -0.133. The summed E-state index contributed by atoms with van der Waals surface area (Å²) >= 11 is 0. The van der Waals surface area contributed by atoms with Gasteiger partial charge in [-0.2, -0.15) is 0 Å². The maximum Gasteiger partial charge on any atom is 0.251 e. The van der Waals surface area contributed by atoms with Gasteiger partial charge < -0.3 is 20.1 Å². The molecule has 1 aliphatic heterocycles. The molecule has 1 aliphatic rings. The van der Waals surface area contributed by atoms with E-state index in [0.717, 1.165) is 31.6 Å². The molecule has 1 saturated heterocycles. The number of carbonyl (C=O) groups is 2. The Morgan fingerprint density at radius 3 is 2.34 bits per heavy atom. The Balaban J connectivity index is 1.46. The average Bonchev–Trinajstić information content (AvgIpc) is 2.75. The molecule has 0 bridgehead atoms. The van der Waals surface area contributed by atoms with E-state index in [9.17, 15) is 9.59 Å². The van der Waals surface area contributed by atoms with Crippen LogP contribution in [0.1, 0.15) is 23.2 Å². The van der Waals surface area contributed by atoms with Crippen LogP contribution >= 0.6 is 0 Å². The highest BCUT2D eigenvalue weighted by Gasteiger charge is 2.23. The number of amides is 2. The summed E-state index contributed by atoms with van der Waals surface area (Å²) in [6, 6.07) is 14.6. The van der Waals surface area contributed by atoms with Gasteiger partial charge in [-0.1, -0.05) is 18.2 Å². The highest BCUT2D eigenvalue weighted by atomic mass is 16.5. The molecular formula is C22H27N3O4. The van der Waals surface area contributed by atoms with Gasteiger partial charge >= 0.3 is 0 Å². The molecule has 0 unspecified atom stereocenters. The third kappa shape index (κ3) is 5.71. The molecule has 0 radical (unpaired) electrons. The Bertz CT molecular complexity index is 833. The maximum absolute atomic E-state index is 12.6. The first-order valence-corrected chi connectivity index (χ1v) is 9.69. The summed E-state index contributed by atoms with van der Waals surface area (Å²) in [6.45, 7) is 1.88. The molecule has 1 fully saturated rings. The zero-order chi connectivity index (χ0) is 20.6. The van der Waals surface area contributed by atoms with Crippen molar-refractivity contribution in [2.24, 2.45) is 0 Å². The van der Waals surface area contributed by atoms with Crippen molar-refractivity contribution in [3.63, 3.8) is 0 Å². The van der Waals surface area contributed by atoms with Gasteiger partial charge in [-0.15, -0.1) is 0 Å². The molecule has 0 aliphatic carbocycles. The van der Waals surface area contributed by atoms with Gasteiger partial charge in [-0.3, -0.25) is 14.5 Å². The number of piperidine rings is 1. The minimum Gasteiger partial charge on any atom is -0.493 e. The number of likely N-dealkylation sites (tertiary alicyclic amines) is 1. The summed E-state index contributed by atoms with van der Waals surface area (Å²) in [6.07, 6.45) is 1.61. The quantitative estimate of drug-likeness (QED) is 0.751. The molecule has 2 amide bonds. The van der Waals surface area contributed by atoms with Crippen LogP contribution in [0.5, 0.6) is 11.5 Å². The van der Waals surface area contributed by atoms with Crippen LogP contribution in [0.25, 0.3) is 0 Å². The first kappa shape index (κ1) is 20.7. The SMILES string of the molecule is COc1ccc(C(=O)NC2CCN(CC(=O)Nc3ccccc3)CC2)cc1OC. The van der Waals surface area contributed by atoms with E-state index >= 15 is 0 Å². The lowest BCUT2D eigenvalue weighted by Gasteiger charge is -2.31. The summed E-state index contributed by atoms with van der Waals surface area (Å²) in [5.41, 5.74) is 1.34. The zero-order valence-corrected chi connectivity index (χ0v) is 16.8. The summed E-state index contributed by atoms with van der Waals surface area (Å²) in [7, 11) is 3.11. The van der Waals surface area contributed by atoms with Crippen molar-refractivity contribution >= 4 is 17.5 Å². The lowest BCUT2D eigenvalue weighted by molar-refractivity contribution is -0.117. The van der Waals surface area contributed by atoms with Gasteiger partial charge in [0.25, 0.3) is 5.91 Å². The van der Waals surface area contributed by atoms with E-state index in [0.29, 0.717) is 23.6 Å². The second-order valence-electron chi connectivity index (χ2n) is 7.01. The van der Waals surface area contributed by atoms with E-state index in [2.05, 4.69) is 15.5 Å². The van der Waals surface area contributed by atoms with E-state index in [1.54, 1.807) is 32.4 Å². The molecule has 7 heteroatoms. The summed E-state index contributed by atoms with van der Waals surface area (Å²) < 4.78 is 10.5. The van der Waals surface area contributed by atoms with Gasteiger partial charge in [0, 0.05) is 30.4 Å². The van der Waals surface area contributed by atoms with E-state index in [4.69, 9.17) is 9.47 Å². The van der Waals surface area contributed by atoms with Crippen LogP contribution < -0.4 is 20.1 Å². The van der Waals surface area contributed by atoms with E-state index in [1.165, 1.54) is 0 Å². The van der Waals surface area contributed by atoms with Crippen LogP contribution in [0.15, 0.2) is 48.5 Å². The molecule has 2 N–H and O–H groups in total. The number of methoxy groups -OCH3 is 2. The van der Waals surface area contributed by atoms with Crippen LogP contribution in [-0.4, -0.2) is 56.6 Å². The summed E-state index contributed by atoms with van der Waals surface area (Å²) in [5, 5.41) is 5.98. The fraction of sp³-hybridized carbons (Fsp3) is 0.364. The van der Waals surface area contributed by atoms with Crippen LogP contribution in [0.2, 0.25) is 0 Å². The number of nitrogens with zero attached hydrogens (tertiary/aromatic N) is 1. The molecule has 7 nitrogen and oxygen atoms in total. The normalized spacial score (nSPS) is 14.8. The van der Waals surface area contributed by atoms with Gasteiger partial charge in [-0.25, -0.2) is 0 Å². The number of benzene rings is 2. The lowest BCUT2D eigenvalue weighted by atomic mass is 10.0. The topological polar surface area (TPSA) is 79.9 Å². The van der Waals surface area contributed by atoms with Gasteiger partial charge in [-0.05, 0) is 43.2 Å². The van der Waals surface area contributed by atoms with Crippen LogP contribution in [-0.2, 0) is 4.79 Å². The highest BCUT2D eigenvalue weighted by molar-refractivity contribution is 5.95. The molecule has 2 aromatic carbocycles. The summed E-state index contributed by atoms with van der Waals surface area (Å²) in [4.78, 5) is 26.9. The Morgan fingerprint density at radius 1 is 1.00 bits per heavy atom. The molecule has 154 valence electrons. The monoisotopic (exact) mass is 397 g/mol. The van der Waals surface area contributed by atoms with Gasteiger partial charge in [0.05, 0.1) is 20.8 Å². The fourth-order valence-electron chi connectivity index (χ4n) is 3.41. The number of rotatable bonds is 7. The predicted molar refractivity (Wildman–Crippen MR) is 112 cm³/mol. The molecule has 29 heavy (non-hydrogen) atoms. The van der Waals surface area contributed by atoms with Crippen molar-refractivity contribution < 1.29 is 19.1 Å². The van der Waals surface area contributed by atoms with E-state index in [-0.39, 0.29) is 17.9 Å². The first-order valence-electron chi connectivity index (χ1n) is 9.69. The Labute approximate surface area is 171 Å². The standard InChI is InChI=1S/C22H27N3O4/c1-28-19-9-8-16(14-20(19)29-2)22(27)24-18-10-12-25(13-11-18)15-21(26)23-17-6-4-3-5-7-17/h3-9,14,18H,10-13,15H2,1-2H3,(H,23,26)(H,24,27). The molecule has 0 aromatic heterocycles. The number of carbonyl (C=O) groups excluding carboxylic acids is 2. The molecule has 0 atom stereocenters. The van der Waals surface area contributed by atoms with Gasteiger partial charge in [0.2, 0.25) is 5.91 Å². The summed E-state index contributed by atoms with van der Waals surface area (Å²) in [5.74, 6) is 0.959. The number of nitrogens with one attached hydrogen (secondary N) is 2. The maximum atomic E-state index is 12.6. The Hall–Kier alpha value is -3.06. The number of anilines is 1. The Kier molecular flexibility index (Phi) is 7.08.